The van der Waals surface area contributed by atoms with E-state index >= 15 is 0 Å². The molecule has 0 fully saturated rings. The van der Waals surface area contributed by atoms with Crippen LogP contribution >= 0.6 is 0 Å². The first kappa shape index (κ1) is 11.9. The van der Waals surface area contributed by atoms with Crippen molar-refractivity contribution in [2.75, 3.05) is 13.6 Å². The van der Waals surface area contributed by atoms with Crippen LogP contribution in [0.4, 0.5) is 0 Å². The highest BCUT2D eigenvalue weighted by atomic mass is 16.4. The zero-order chi connectivity index (χ0) is 10.4. The molecule has 0 heterocycles. The topological polar surface area (TPSA) is 78.4 Å². The minimum absolute atomic E-state index is 0.141. The van der Waals surface area contributed by atoms with E-state index < -0.39 is 11.9 Å². The molecule has 0 radical (unpaired) electrons. The van der Waals surface area contributed by atoms with E-state index in [4.69, 9.17) is 5.11 Å². The average Bonchev–Trinajstić information content (AvgIpc) is 2.11. The molecule has 5 nitrogen and oxygen atoms in total. The molecule has 0 saturated heterocycles. The quantitative estimate of drug-likeness (QED) is 0.540. The van der Waals surface area contributed by atoms with Gasteiger partial charge < -0.3 is 15.7 Å². The van der Waals surface area contributed by atoms with Crippen LogP contribution < -0.4 is 10.6 Å². The maximum Gasteiger partial charge on any atom is 0.307 e. The zero-order valence-electron chi connectivity index (χ0n) is 8.13. The van der Waals surface area contributed by atoms with Crippen molar-refractivity contribution >= 4 is 11.9 Å². The molecular weight excluding hydrogens is 172 g/mol. The summed E-state index contributed by atoms with van der Waals surface area (Å²) >= 11 is 0. The average molecular weight is 188 g/mol. The van der Waals surface area contributed by atoms with Crippen LogP contribution in [0.5, 0.6) is 0 Å². The van der Waals surface area contributed by atoms with Gasteiger partial charge >= 0.3 is 5.97 Å². The van der Waals surface area contributed by atoms with Crippen LogP contribution in [0.15, 0.2) is 0 Å². The van der Waals surface area contributed by atoms with E-state index in [9.17, 15) is 9.59 Å². The Morgan fingerprint density at radius 1 is 1.38 bits per heavy atom. The van der Waals surface area contributed by atoms with Gasteiger partial charge in [-0.3, -0.25) is 9.59 Å². The van der Waals surface area contributed by atoms with Gasteiger partial charge in [-0.1, -0.05) is 6.92 Å². The number of carboxylic acid groups (broad SMARTS) is 1. The number of carboxylic acids is 1. The number of aliphatic carboxylic acids is 1. The fourth-order valence-electron chi connectivity index (χ4n) is 0.750. The monoisotopic (exact) mass is 188 g/mol. The van der Waals surface area contributed by atoms with E-state index in [1.54, 1.807) is 20.9 Å². The van der Waals surface area contributed by atoms with Crippen LogP contribution in [0.3, 0.4) is 0 Å². The molecule has 0 aliphatic rings. The Balaban J connectivity index is 3.76. The summed E-state index contributed by atoms with van der Waals surface area (Å²) < 4.78 is 0. The predicted octanol–water partition coefficient (Wildman–Crippen LogP) is -0.569. The first-order chi connectivity index (χ1) is 5.99. The first-order valence-electron chi connectivity index (χ1n) is 4.16. The molecule has 5 heteroatoms. The van der Waals surface area contributed by atoms with Gasteiger partial charge in [0.25, 0.3) is 0 Å². The lowest BCUT2D eigenvalue weighted by Gasteiger charge is -2.13. The highest BCUT2D eigenvalue weighted by Crippen LogP contribution is 1.92. The number of nitrogens with one attached hydrogen (secondary N) is 2. The van der Waals surface area contributed by atoms with E-state index in [0.717, 1.165) is 0 Å². The van der Waals surface area contributed by atoms with Crippen molar-refractivity contribution < 1.29 is 14.7 Å². The van der Waals surface area contributed by atoms with Crippen LogP contribution in [0.1, 0.15) is 13.8 Å². The maximum absolute atomic E-state index is 11.0. The molecule has 2 unspecified atom stereocenters. The number of amides is 1. The van der Waals surface area contributed by atoms with Crippen molar-refractivity contribution in [3.05, 3.63) is 0 Å². The molecule has 0 aromatic heterocycles. The van der Waals surface area contributed by atoms with E-state index in [1.807, 2.05) is 0 Å². The number of rotatable bonds is 5. The molecule has 0 aromatic rings. The fraction of sp³-hybridized carbons (Fsp3) is 0.750. The second-order valence-corrected chi connectivity index (χ2v) is 2.98. The van der Waals surface area contributed by atoms with Crippen molar-refractivity contribution in [3.63, 3.8) is 0 Å². The van der Waals surface area contributed by atoms with Gasteiger partial charge in [0.15, 0.2) is 0 Å². The van der Waals surface area contributed by atoms with Crippen LogP contribution in [0.2, 0.25) is 0 Å². The number of carbonyl (C=O) groups excluding carboxylic acids is 1. The molecule has 2 atom stereocenters. The Morgan fingerprint density at radius 2 is 1.92 bits per heavy atom. The minimum Gasteiger partial charge on any atom is -0.481 e. The van der Waals surface area contributed by atoms with Crippen molar-refractivity contribution in [1.29, 1.82) is 0 Å². The second-order valence-electron chi connectivity index (χ2n) is 2.98. The molecular formula is C8H16N2O3. The Kier molecular flexibility index (Phi) is 5.06. The summed E-state index contributed by atoms with van der Waals surface area (Å²) in [4.78, 5) is 21.4. The summed E-state index contributed by atoms with van der Waals surface area (Å²) in [5, 5.41) is 13.8. The lowest BCUT2D eigenvalue weighted by Crippen LogP contribution is -2.43. The zero-order valence-corrected chi connectivity index (χ0v) is 8.13. The molecule has 0 bridgehead atoms. The van der Waals surface area contributed by atoms with Gasteiger partial charge in [0, 0.05) is 13.6 Å². The largest absolute Gasteiger partial charge is 0.481 e. The second kappa shape index (κ2) is 5.53. The molecule has 76 valence electrons. The molecule has 3 N–H and O–H groups in total. The van der Waals surface area contributed by atoms with Gasteiger partial charge in [-0.2, -0.15) is 0 Å². The molecule has 0 saturated carbocycles. The Labute approximate surface area is 77.5 Å². The van der Waals surface area contributed by atoms with E-state index in [2.05, 4.69) is 10.6 Å². The maximum atomic E-state index is 11.0. The van der Waals surface area contributed by atoms with Crippen molar-refractivity contribution in [2.24, 2.45) is 5.92 Å². The summed E-state index contributed by atoms with van der Waals surface area (Å²) in [6.07, 6.45) is 0. The lowest BCUT2D eigenvalue weighted by atomic mass is 10.2. The number of hydrogen-bond donors (Lipinski definition) is 3. The van der Waals surface area contributed by atoms with Gasteiger partial charge in [-0.05, 0) is 6.92 Å². The first-order valence-corrected chi connectivity index (χ1v) is 4.16. The third-order valence-corrected chi connectivity index (χ3v) is 1.79. The van der Waals surface area contributed by atoms with Crippen molar-refractivity contribution in [3.8, 4) is 0 Å². The van der Waals surface area contributed by atoms with Gasteiger partial charge in [-0.25, -0.2) is 0 Å². The van der Waals surface area contributed by atoms with Gasteiger partial charge in [-0.15, -0.1) is 0 Å². The van der Waals surface area contributed by atoms with Crippen molar-refractivity contribution in [1.82, 2.24) is 10.6 Å². The van der Waals surface area contributed by atoms with E-state index in [-0.39, 0.29) is 11.9 Å². The number of carbonyl (C=O) groups is 2. The molecule has 0 rings (SSSR count). The smallest absolute Gasteiger partial charge is 0.307 e. The summed E-state index contributed by atoms with van der Waals surface area (Å²) in [5.41, 5.74) is 0. The highest BCUT2D eigenvalue weighted by molar-refractivity contribution is 5.81. The SMILES string of the molecule is CNC(=O)C(C)NCC(C)C(=O)O. The third-order valence-electron chi connectivity index (χ3n) is 1.79. The van der Waals surface area contributed by atoms with Crippen LogP contribution in [0, 0.1) is 5.92 Å². The van der Waals surface area contributed by atoms with Gasteiger partial charge in [0.05, 0.1) is 12.0 Å². The molecule has 0 aliphatic carbocycles. The molecule has 0 aromatic carbocycles. The standard InChI is InChI=1S/C8H16N2O3/c1-5(8(12)13)4-10-6(2)7(11)9-3/h5-6,10H,4H2,1-3H3,(H,9,11)(H,12,13). The molecule has 13 heavy (non-hydrogen) atoms. The summed E-state index contributed by atoms with van der Waals surface area (Å²) in [5.74, 6) is -1.48. The van der Waals surface area contributed by atoms with Gasteiger partial charge in [0.2, 0.25) is 5.91 Å². The van der Waals surface area contributed by atoms with Crippen molar-refractivity contribution in [2.45, 2.75) is 19.9 Å². The summed E-state index contributed by atoms with van der Waals surface area (Å²) in [7, 11) is 1.54. The van der Waals surface area contributed by atoms with Crippen LogP contribution in [-0.4, -0.2) is 36.6 Å². The third kappa shape index (κ3) is 4.47. The van der Waals surface area contributed by atoms with E-state index in [0.29, 0.717) is 6.54 Å². The Bertz CT molecular complexity index is 194. The normalized spacial score (nSPS) is 14.7. The summed E-state index contributed by atoms with van der Waals surface area (Å²) in [6, 6.07) is -0.355. The number of hydrogen-bond acceptors (Lipinski definition) is 3. The highest BCUT2D eigenvalue weighted by Gasteiger charge is 2.14. The fourth-order valence-corrected chi connectivity index (χ4v) is 0.750. The molecule has 0 aliphatic heterocycles. The van der Waals surface area contributed by atoms with Gasteiger partial charge in [0.1, 0.15) is 0 Å². The Morgan fingerprint density at radius 3 is 2.31 bits per heavy atom. The van der Waals surface area contributed by atoms with Crippen LogP contribution in [-0.2, 0) is 9.59 Å². The molecule has 1 amide bonds. The summed E-state index contributed by atoms with van der Waals surface area (Å²) in [6.45, 7) is 3.57. The number of likely N-dealkylation sites (N-methyl/N-ethyl adjacent to an activating group) is 1. The van der Waals surface area contributed by atoms with Crippen LogP contribution in [0.25, 0.3) is 0 Å². The van der Waals surface area contributed by atoms with E-state index in [1.165, 1.54) is 0 Å². The minimum atomic E-state index is -0.864. The Hall–Kier alpha value is -1.10. The lowest BCUT2D eigenvalue weighted by molar-refractivity contribution is -0.141. The predicted molar refractivity (Wildman–Crippen MR) is 48.3 cm³/mol. The molecule has 0 spiro atoms.